The van der Waals surface area contributed by atoms with E-state index in [-0.39, 0.29) is 0 Å². The lowest BCUT2D eigenvalue weighted by molar-refractivity contribution is 0.215. The number of hydrogen-bond acceptors (Lipinski definition) is 2. The second kappa shape index (κ2) is 7.85. The third kappa shape index (κ3) is 4.50. The lowest BCUT2D eigenvalue weighted by atomic mass is 10.1. The SMILES string of the molecule is Cc1ccc(NC(=O)Oc2ccc(-c3ccccc3)cc2Br)c(Br)c1. The van der Waals surface area contributed by atoms with Gasteiger partial charge in [0.15, 0.2) is 0 Å². The minimum absolute atomic E-state index is 0.459. The first kappa shape index (κ1) is 17.7. The van der Waals surface area contributed by atoms with Crippen LogP contribution in [0.15, 0.2) is 75.7 Å². The highest BCUT2D eigenvalue weighted by molar-refractivity contribution is 9.11. The summed E-state index contributed by atoms with van der Waals surface area (Å²) in [7, 11) is 0. The van der Waals surface area contributed by atoms with E-state index in [0.29, 0.717) is 15.9 Å². The van der Waals surface area contributed by atoms with Crippen LogP contribution < -0.4 is 10.1 Å². The highest BCUT2D eigenvalue weighted by atomic mass is 79.9. The monoisotopic (exact) mass is 459 g/mol. The number of ether oxygens (including phenoxy) is 1. The molecule has 0 aliphatic heterocycles. The van der Waals surface area contributed by atoms with Crippen molar-refractivity contribution in [3.8, 4) is 16.9 Å². The van der Waals surface area contributed by atoms with Crippen molar-refractivity contribution >= 4 is 43.6 Å². The Hall–Kier alpha value is -2.11. The largest absolute Gasteiger partial charge is 0.417 e. The first-order valence-electron chi connectivity index (χ1n) is 7.63. The molecule has 0 aromatic heterocycles. The number of carbonyl (C=O) groups excluding carboxylic acids is 1. The van der Waals surface area contributed by atoms with E-state index in [9.17, 15) is 4.79 Å². The maximum atomic E-state index is 12.2. The normalized spacial score (nSPS) is 10.4. The van der Waals surface area contributed by atoms with E-state index in [1.165, 1.54) is 0 Å². The molecule has 0 aliphatic carbocycles. The molecule has 3 aromatic carbocycles. The molecule has 126 valence electrons. The molecule has 0 aliphatic rings. The quantitative estimate of drug-likeness (QED) is 0.466. The fourth-order valence-corrected chi connectivity index (χ4v) is 3.40. The number of hydrogen-bond donors (Lipinski definition) is 1. The van der Waals surface area contributed by atoms with Crippen LogP contribution in [0.3, 0.4) is 0 Å². The van der Waals surface area contributed by atoms with E-state index in [1.807, 2.05) is 67.6 Å². The third-order valence-corrected chi connectivity index (χ3v) is 4.88. The zero-order valence-corrected chi connectivity index (χ0v) is 16.6. The highest BCUT2D eigenvalue weighted by Gasteiger charge is 2.11. The molecule has 0 atom stereocenters. The molecule has 5 heteroatoms. The summed E-state index contributed by atoms with van der Waals surface area (Å²) >= 11 is 6.90. The average Bonchev–Trinajstić information content (AvgIpc) is 2.60. The fraction of sp³-hybridized carbons (Fsp3) is 0.0500. The molecular weight excluding hydrogens is 446 g/mol. The topological polar surface area (TPSA) is 38.3 Å². The molecule has 0 unspecified atom stereocenters. The Bertz CT molecular complexity index is 911. The Balaban J connectivity index is 1.73. The van der Waals surface area contributed by atoms with Gasteiger partial charge in [0.1, 0.15) is 5.75 Å². The molecule has 1 amide bonds. The van der Waals surface area contributed by atoms with Gasteiger partial charge >= 0.3 is 6.09 Å². The predicted octanol–water partition coefficient (Wildman–Crippen LogP) is 6.80. The van der Waals surface area contributed by atoms with Crippen LogP contribution in [0.5, 0.6) is 5.75 Å². The van der Waals surface area contributed by atoms with Gasteiger partial charge in [-0.2, -0.15) is 0 Å². The van der Waals surface area contributed by atoms with Gasteiger partial charge in [0.2, 0.25) is 0 Å². The Labute approximate surface area is 163 Å². The van der Waals surface area contributed by atoms with Crippen LogP contribution in [0.2, 0.25) is 0 Å². The molecule has 0 heterocycles. The zero-order chi connectivity index (χ0) is 17.8. The fourth-order valence-electron chi connectivity index (χ4n) is 2.35. The van der Waals surface area contributed by atoms with Crippen LogP contribution >= 0.6 is 31.9 Å². The molecule has 0 spiro atoms. The van der Waals surface area contributed by atoms with Crippen molar-refractivity contribution in [1.82, 2.24) is 0 Å². The van der Waals surface area contributed by atoms with E-state index in [2.05, 4.69) is 37.2 Å². The van der Waals surface area contributed by atoms with Crippen LogP contribution in [-0.2, 0) is 0 Å². The standard InChI is InChI=1S/C20H15Br2NO2/c1-13-7-9-18(16(21)11-13)23-20(24)25-19-10-8-15(12-17(19)22)14-5-3-2-4-6-14/h2-12H,1H3,(H,23,24). The van der Waals surface area contributed by atoms with E-state index < -0.39 is 6.09 Å². The van der Waals surface area contributed by atoms with Crippen molar-refractivity contribution in [3.05, 3.63) is 81.2 Å². The number of halogens is 2. The Morgan fingerprint density at radius 2 is 1.64 bits per heavy atom. The first-order valence-corrected chi connectivity index (χ1v) is 9.21. The molecule has 0 bridgehead atoms. The zero-order valence-electron chi connectivity index (χ0n) is 13.4. The number of rotatable bonds is 3. The predicted molar refractivity (Wildman–Crippen MR) is 108 cm³/mol. The molecule has 0 saturated carbocycles. The minimum Gasteiger partial charge on any atom is -0.409 e. The minimum atomic E-state index is -0.544. The number of anilines is 1. The molecule has 0 fully saturated rings. The molecule has 1 N–H and O–H groups in total. The Morgan fingerprint density at radius 3 is 2.32 bits per heavy atom. The van der Waals surface area contributed by atoms with Crippen LogP contribution in [0.25, 0.3) is 11.1 Å². The summed E-state index contributed by atoms with van der Waals surface area (Å²) in [6.07, 6.45) is -0.544. The third-order valence-electron chi connectivity index (χ3n) is 3.60. The van der Waals surface area contributed by atoms with Gasteiger partial charge < -0.3 is 4.74 Å². The number of amides is 1. The molecule has 0 radical (unpaired) electrons. The summed E-state index contributed by atoms with van der Waals surface area (Å²) < 4.78 is 6.93. The number of benzene rings is 3. The summed E-state index contributed by atoms with van der Waals surface area (Å²) in [5.74, 6) is 0.459. The van der Waals surface area contributed by atoms with Gasteiger partial charge in [-0.25, -0.2) is 4.79 Å². The Morgan fingerprint density at radius 1 is 0.880 bits per heavy atom. The van der Waals surface area contributed by atoms with Crippen molar-refractivity contribution in [2.75, 3.05) is 5.32 Å². The molecule has 3 rings (SSSR count). The van der Waals surface area contributed by atoms with Crippen molar-refractivity contribution < 1.29 is 9.53 Å². The lowest BCUT2D eigenvalue weighted by Gasteiger charge is -2.11. The number of aryl methyl sites for hydroxylation is 1. The summed E-state index contributed by atoms with van der Waals surface area (Å²) in [5.41, 5.74) is 3.90. The van der Waals surface area contributed by atoms with Crippen molar-refractivity contribution in [2.45, 2.75) is 6.92 Å². The van der Waals surface area contributed by atoms with Crippen LogP contribution in [0, 0.1) is 6.92 Å². The van der Waals surface area contributed by atoms with Gasteiger partial charge in [0.25, 0.3) is 0 Å². The van der Waals surface area contributed by atoms with Crippen molar-refractivity contribution in [3.63, 3.8) is 0 Å². The number of nitrogens with one attached hydrogen (secondary N) is 1. The van der Waals surface area contributed by atoms with E-state index >= 15 is 0 Å². The molecular formula is C20H15Br2NO2. The van der Waals surface area contributed by atoms with Crippen LogP contribution in [-0.4, -0.2) is 6.09 Å². The summed E-state index contributed by atoms with van der Waals surface area (Å²) in [4.78, 5) is 12.2. The van der Waals surface area contributed by atoms with Gasteiger partial charge in [-0.15, -0.1) is 0 Å². The summed E-state index contributed by atoms with van der Waals surface area (Å²) in [6, 6.07) is 21.3. The van der Waals surface area contributed by atoms with Crippen LogP contribution in [0.1, 0.15) is 5.56 Å². The summed E-state index contributed by atoms with van der Waals surface area (Å²) in [5, 5.41) is 2.73. The van der Waals surface area contributed by atoms with Gasteiger partial charge in [-0.1, -0.05) is 42.5 Å². The van der Waals surface area contributed by atoms with E-state index in [1.54, 1.807) is 6.07 Å². The van der Waals surface area contributed by atoms with Gasteiger partial charge in [0, 0.05) is 4.47 Å². The average molecular weight is 461 g/mol. The maximum Gasteiger partial charge on any atom is 0.417 e. The van der Waals surface area contributed by atoms with Crippen molar-refractivity contribution in [2.24, 2.45) is 0 Å². The van der Waals surface area contributed by atoms with E-state index in [4.69, 9.17) is 4.74 Å². The van der Waals surface area contributed by atoms with Crippen molar-refractivity contribution in [1.29, 1.82) is 0 Å². The van der Waals surface area contributed by atoms with Crippen LogP contribution in [0.4, 0.5) is 10.5 Å². The van der Waals surface area contributed by atoms with Gasteiger partial charge in [-0.05, 0) is 79.7 Å². The van der Waals surface area contributed by atoms with E-state index in [0.717, 1.165) is 21.2 Å². The first-order chi connectivity index (χ1) is 12.0. The highest BCUT2D eigenvalue weighted by Crippen LogP contribution is 2.31. The molecule has 3 nitrogen and oxygen atoms in total. The molecule has 25 heavy (non-hydrogen) atoms. The Kier molecular flexibility index (Phi) is 5.56. The second-order valence-corrected chi connectivity index (χ2v) is 7.22. The molecule has 3 aromatic rings. The van der Waals surface area contributed by atoms with Gasteiger partial charge in [0.05, 0.1) is 10.2 Å². The smallest absolute Gasteiger partial charge is 0.409 e. The summed E-state index contributed by atoms with van der Waals surface area (Å²) in [6.45, 7) is 1.98. The lowest BCUT2D eigenvalue weighted by Crippen LogP contribution is -2.17. The second-order valence-electron chi connectivity index (χ2n) is 5.51. The van der Waals surface area contributed by atoms with Gasteiger partial charge in [-0.3, -0.25) is 5.32 Å². The maximum absolute atomic E-state index is 12.2. The number of carbonyl (C=O) groups is 1. The molecule has 0 saturated heterocycles.